The minimum absolute atomic E-state index is 0.112. The highest BCUT2D eigenvalue weighted by Gasteiger charge is 2.09. The number of nitrogens with one attached hydrogen (secondary N) is 2. The van der Waals surface area contributed by atoms with Crippen LogP contribution in [0.15, 0.2) is 59.7 Å². The predicted molar refractivity (Wildman–Crippen MR) is 99.4 cm³/mol. The number of nitrogens with zero attached hydrogens (tertiary/aromatic N) is 1. The molecule has 2 aromatic carbocycles. The third-order valence-corrected chi connectivity index (χ3v) is 3.88. The molecule has 2 N–H and O–H groups in total. The van der Waals surface area contributed by atoms with E-state index in [1.807, 2.05) is 42.5 Å². The molecular weight excluding hydrogens is 405 g/mol. The fraction of sp³-hybridized carbons (Fsp3) is 0.118. The molecule has 0 fully saturated rings. The maximum absolute atomic E-state index is 12.0. The number of amides is 2. The van der Waals surface area contributed by atoms with E-state index in [4.69, 9.17) is 0 Å². The molecule has 0 saturated carbocycles. The Balaban J connectivity index is 1.89. The first-order valence-corrected chi connectivity index (χ1v) is 8.07. The van der Waals surface area contributed by atoms with Crippen LogP contribution in [0.3, 0.4) is 0 Å². The lowest BCUT2D eigenvalue weighted by Crippen LogP contribution is -2.22. The Kier molecular flexibility index (Phi) is 6.28. The molecule has 0 aromatic heterocycles. The molecule has 2 amide bonds. The second-order valence-electron chi connectivity index (χ2n) is 4.86. The first-order valence-electron chi connectivity index (χ1n) is 6.99. The molecule has 118 valence electrons. The highest BCUT2D eigenvalue weighted by Crippen LogP contribution is 2.11. The third kappa shape index (κ3) is 5.48. The van der Waals surface area contributed by atoms with Crippen LogP contribution in [0.1, 0.15) is 23.7 Å². The summed E-state index contributed by atoms with van der Waals surface area (Å²) in [6.45, 7) is 1.70. The second kappa shape index (κ2) is 8.42. The molecule has 0 radical (unpaired) electrons. The van der Waals surface area contributed by atoms with Crippen LogP contribution in [0.4, 0.5) is 5.69 Å². The Morgan fingerprint density at radius 3 is 2.39 bits per heavy atom. The SMILES string of the molecule is C/C(CC(=O)Nc1ccccc1)=N\NC(=O)c1ccccc1I. The minimum Gasteiger partial charge on any atom is -0.326 e. The molecule has 0 unspecified atom stereocenters. The van der Waals surface area contributed by atoms with Gasteiger partial charge in [0, 0.05) is 15.0 Å². The van der Waals surface area contributed by atoms with Gasteiger partial charge in [-0.3, -0.25) is 9.59 Å². The highest BCUT2D eigenvalue weighted by molar-refractivity contribution is 14.1. The Bertz CT molecular complexity index is 730. The number of rotatable bonds is 5. The van der Waals surface area contributed by atoms with Gasteiger partial charge in [0.1, 0.15) is 0 Å². The van der Waals surface area contributed by atoms with Crippen molar-refractivity contribution in [2.45, 2.75) is 13.3 Å². The molecule has 0 aliphatic carbocycles. The molecule has 6 heteroatoms. The van der Waals surface area contributed by atoms with Gasteiger partial charge in [0.15, 0.2) is 0 Å². The van der Waals surface area contributed by atoms with E-state index in [-0.39, 0.29) is 18.2 Å². The maximum atomic E-state index is 12.0. The van der Waals surface area contributed by atoms with Crippen LogP contribution in [0.25, 0.3) is 0 Å². The van der Waals surface area contributed by atoms with Crippen molar-refractivity contribution in [3.63, 3.8) is 0 Å². The lowest BCUT2D eigenvalue weighted by Gasteiger charge is -2.06. The Hall–Kier alpha value is -2.22. The van der Waals surface area contributed by atoms with Gasteiger partial charge in [-0.2, -0.15) is 5.10 Å². The summed E-state index contributed by atoms with van der Waals surface area (Å²) in [5.41, 5.74) is 4.28. The van der Waals surface area contributed by atoms with E-state index in [2.05, 4.69) is 38.4 Å². The molecule has 0 aliphatic heterocycles. The average molecular weight is 421 g/mol. The lowest BCUT2D eigenvalue weighted by molar-refractivity contribution is -0.115. The summed E-state index contributed by atoms with van der Waals surface area (Å²) in [7, 11) is 0. The van der Waals surface area contributed by atoms with E-state index in [0.717, 1.165) is 9.26 Å². The fourth-order valence-electron chi connectivity index (χ4n) is 1.85. The number of hydrogen-bond acceptors (Lipinski definition) is 3. The summed E-state index contributed by atoms with van der Waals surface area (Å²) >= 11 is 2.09. The van der Waals surface area contributed by atoms with Crippen LogP contribution in [0.2, 0.25) is 0 Å². The number of hydrogen-bond donors (Lipinski definition) is 2. The van der Waals surface area contributed by atoms with Crippen molar-refractivity contribution >= 4 is 45.8 Å². The molecule has 0 saturated heterocycles. The molecule has 2 aromatic rings. The molecular formula is C17H16IN3O2. The van der Waals surface area contributed by atoms with Crippen LogP contribution < -0.4 is 10.7 Å². The van der Waals surface area contributed by atoms with E-state index < -0.39 is 0 Å². The van der Waals surface area contributed by atoms with E-state index >= 15 is 0 Å². The molecule has 0 aliphatic rings. The lowest BCUT2D eigenvalue weighted by atomic mass is 10.2. The van der Waals surface area contributed by atoms with Gasteiger partial charge >= 0.3 is 0 Å². The molecule has 0 heterocycles. The minimum atomic E-state index is -0.294. The summed E-state index contributed by atoms with van der Waals surface area (Å²) in [6, 6.07) is 16.4. The molecule has 0 spiro atoms. The van der Waals surface area contributed by atoms with Gasteiger partial charge in [-0.05, 0) is 53.8 Å². The molecule has 23 heavy (non-hydrogen) atoms. The number of para-hydroxylation sites is 1. The summed E-state index contributed by atoms with van der Waals surface area (Å²) in [5.74, 6) is -0.473. The smallest absolute Gasteiger partial charge is 0.272 e. The number of carbonyl (C=O) groups excluding carboxylic acids is 2. The van der Waals surface area contributed by atoms with Crippen LogP contribution in [-0.4, -0.2) is 17.5 Å². The average Bonchev–Trinajstić information content (AvgIpc) is 2.54. The van der Waals surface area contributed by atoms with Crippen molar-refractivity contribution in [2.24, 2.45) is 5.10 Å². The zero-order valence-corrected chi connectivity index (χ0v) is 14.7. The van der Waals surface area contributed by atoms with Crippen molar-refractivity contribution in [3.05, 3.63) is 63.7 Å². The number of carbonyl (C=O) groups is 2. The van der Waals surface area contributed by atoms with Gasteiger partial charge < -0.3 is 5.32 Å². The predicted octanol–water partition coefficient (Wildman–Crippen LogP) is 3.43. The molecule has 0 atom stereocenters. The van der Waals surface area contributed by atoms with E-state index in [1.54, 1.807) is 19.1 Å². The highest BCUT2D eigenvalue weighted by atomic mass is 127. The maximum Gasteiger partial charge on any atom is 0.272 e. The third-order valence-electron chi connectivity index (χ3n) is 2.94. The van der Waals surface area contributed by atoms with E-state index in [9.17, 15) is 9.59 Å². The zero-order valence-electron chi connectivity index (χ0n) is 12.5. The molecule has 2 rings (SSSR count). The van der Waals surface area contributed by atoms with Gasteiger partial charge in [0.2, 0.25) is 5.91 Å². The van der Waals surface area contributed by atoms with Gasteiger partial charge in [-0.25, -0.2) is 5.43 Å². The zero-order chi connectivity index (χ0) is 16.7. The first kappa shape index (κ1) is 17.1. The standard InChI is InChI=1S/C17H16IN3O2/c1-12(11-16(22)19-13-7-3-2-4-8-13)20-21-17(23)14-9-5-6-10-15(14)18/h2-10H,11H2,1H3,(H,19,22)(H,21,23)/b20-12+. The second-order valence-corrected chi connectivity index (χ2v) is 6.02. The largest absolute Gasteiger partial charge is 0.326 e. The van der Waals surface area contributed by atoms with Crippen LogP contribution in [0, 0.1) is 3.57 Å². The van der Waals surface area contributed by atoms with Gasteiger partial charge in [-0.1, -0.05) is 30.3 Å². The normalized spacial score (nSPS) is 11.0. The molecule has 5 nitrogen and oxygen atoms in total. The molecule has 0 bridgehead atoms. The van der Waals surface area contributed by atoms with Crippen molar-refractivity contribution in [1.29, 1.82) is 0 Å². The van der Waals surface area contributed by atoms with Crippen molar-refractivity contribution < 1.29 is 9.59 Å². The number of benzene rings is 2. The Morgan fingerprint density at radius 1 is 1.04 bits per heavy atom. The van der Waals surface area contributed by atoms with Crippen LogP contribution in [-0.2, 0) is 4.79 Å². The monoisotopic (exact) mass is 421 g/mol. The van der Waals surface area contributed by atoms with Crippen molar-refractivity contribution in [1.82, 2.24) is 5.43 Å². The van der Waals surface area contributed by atoms with Crippen molar-refractivity contribution in [3.8, 4) is 0 Å². The Labute approximate surface area is 148 Å². The Morgan fingerprint density at radius 2 is 1.70 bits per heavy atom. The van der Waals surface area contributed by atoms with Crippen molar-refractivity contribution in [2.75, 3.05) is 5.32 Å². The first-order chi connectivity index (χ1) is 11.1. The summed E-state index contributed by atoms with van der Waals surface area (Å²) < 4.78 is 0.845. The van der Waals surface area contributed by atoms with Gasteiger partial charge in [-0.15, -0.1) is 0 Å². The van der Waals surface area contributed by atoms with Gasteiger partial charge in [0.05, 0.1) is 12.0 Å². The summed E-state index contributed by atoms with van der Waals surface area (Å²) in [6.07, 6.45) is 0.112. The van der Waals surface area contributed by atoms with Gasteiger partial charge in [0.25, 0.3) is 5.91 Å². The fourth-order valence-corrected chi connectivity index (χ4v) is 2.48. The summed E-state index contributed by atoms with van der Waals surface area (Å²) in [4.78, 5) is 23.9. The number of hydrazone groups is 1. The van der Waals surface area contributed by atoms with Crippen LogP contribution in [0.5, 0.6) is 0 Å². The topological polar surface area (TPSA) is 70.6 Å². The number of anilines is 1. The van der Waals surface area contributed by atoms with Crippen LogP contribution >= 0.6 is 22.6 Å². The number of halogens is 1. The van der Waals surface area contributed by atoms with E-state index in [1.165, 1.54) is 0 Å². The summed E-state index contributed by atoms with van der Waals surface area (Å²) in [5, 5.41) is 6.74. The van der Waals surface area contributed by atoms with E-state index in [0.29, 0.717) is 11.3 Å². The quantitative estimate of drug-likeness (QED) is 0.441.